The summed E-state index contributed by atoms with van der Waals surface area (Å²) < 4.78 is 1.73. The van der Waals surface area contributed by atoms with Crippen LogP contribution in [-0.4, -0.2) is 37.2 Å². The van der Waals surface area contributed by atoms with Gasteiger partial charge in [0, 0.05) is 34.8 Å². The lowest BCUT2D eigenvalue weighted by Crippen LogP contribution is -2.30. The van der Waals surface area contributed by atoms with Crippen molar-refractivity contribution >= 4 is 40.7 Å². The van der Waals surface area contributed by atoms with Gasteiger partial charge in [-0.2, -0.15) is 5.10 Å². The highest BCUT2D eigenvalue weighted by molar-refractivity contribution is 6.34. The zero-order valence-electron chi connectivity index (χ0n) is 18.0. The number of amides is 1. The summed E-state index contributed by atoms with van der Waals surface area (Å²) in [6.07, 6.45) is 3.78. The molecule has 1 atom stereocenters. The minimum Gasteiger partial charge on any atom is -0.508 e. The van der Waals surface area contributed by atoms with Crippen LogP contribution in [0.15, 0.2) is 60.8 Å². The van der Waals surface area contributed by atoms with Crippen molar-refractivity contribution in [2.75, 3.05) is 6.54 Å². The number of H-pyrrole nitrogens is 1. The van der Waals surface area contributed by atoms with E-state index in [-0.39, 0.29) is 17.7 Å². The first-order valence-electron chi connectivity index (χ1n) is 10.9. The molecule has 9 heteroatoms. The molecule has 2 N–H and O–H groups in total. The van der Waals surface area contributed by atoms with E-state index >= 15 is 0 Å². The Morgan fingerprint density at radius 1 is 1.03 bits per heavy atom. The van der Waals surface area contributed by atoms with Crippen molar-refractivity contribution in [2.45, 2.75) is 25.3 Å². The number of carbonyl (C=O) groups is 1. The van der Waals surface area contributed by atoms with E-state index in [1.165, 1.54) is 0 Å². The third-order valence-corrected chi connectivity index (χ3v) is 6.68. The highest BCUT2D eigenvalue weighted by atomic mass is 35.5. The third-order valence-electron chi connectivity index (χ3n) is 6.02. The van der Waals surface area contributed by atoms with Gasteiger partial charge >= 0.3 is 0 Å². The van der Waals surface area contributed by atoms with Crippen molar-refractivity contribution in [3.05, 3.63) is 87.1 Å². The van der Waals surface area contributed by atoms with Crippen LogP contribution in [0.4, 0.5) is 0 Å². The molecule has 0 aliphatic carbocycles. The summed E-state index contributed by atoms with van der Waals surface area (Å²) in [6, 6.07) is 15.8. The number of aromatic nitrogens is 3. The highest BCUT2D eigenvalue weighted by Crippen LogP contribution is 2.39. The molecule has 5 rings (SSSR count). The Morgan fingerprint density at radius 2 is 1.76 bits per heavy atom. The Balaban J connectivity index is 1.51. The molecule has 1 aliphatic rings. The number of rotatable bonds is 6. The van der Waals surface area contributed by atoms with Crippen molar-refractivity contribution < 1.29 is 9.90 Å². The number of phenols is 1. The Morgan fingerprint density at radius 3 is 2.44 bits per heavy atom. The topological polar surface area (TPSA) is 74.2 Å². The van der Waals surface area contributed by atoms with Crippen molar-refractivity contribution in [2.24, 2.45) is 0 Å². The van der Waals surface area contributed by atoms with Gasteiger partial charge in [-0.3, -0.25) is 4.79 Å². The van der Waals surface area contributed by atoms with Gasteiger partial charge in [-0.1, -0.05) is 46.9 Å². The number of carbonyl (C=O) groups excluding carboxylic acids is 1. The fourth-order valence-corrected chi connectivity index (χ4v) is 5.08. The van der Waals surface area contributed by atoms with Crippen molar-refractivity contribution in [3.63, 3.8) is 0 Å². The van der Waals surface area contributed by atoms with Crippen LogP contribution >= 0.6 is 34.8 Å². The molecule has 174 valence electrons. The van der Waals surface area contributed by atoms with Gasteiger partial charge in [0.1, 0.15) is 16.6 Å². The lowest BCUT2D eigenvalue weighted by molar-refractivity contribution is -0.129. The second-order valence-corrected chi connectivity index (χ2v) is 9.56. The first-order valence-corrected chi connectivity index (χ1v) is 12.0. The predicted molar refractivity (Wildman–Crippen MR) is 134 cm³/mol. The van der Waals surface area contributed by atoms with Gasteiger partial charge in [-0.25, -0.2) is 4.68 Å². The van der Waals surface area contributed by atoms with E-state index in [4.69, 9.17) is 39.9 Å². The van der Waals surface area contributed by atoms with Gasteiger partial charge in [0.05, 0.1) is 17.4 Å². The molecule has 34 heavy (non-hydrogen) atoms. The van der Waals surface area contributed by atoms with Crippen LogP contribution in [0, 0.1) is 0 Å². The minimum absolute atomic E-state index is 0.109. The number of aromatic hydroxyl groups is 1. The SMILES string of the molecule is O=C1CC[C@H](c2cn(-c3cc(Cl)cc(Cl)c3)nc2-c2ccc(Cl)[nH]2)N1CCc1ccc(O)cc1. The average Bonchev–Trinajstić information content (AvgIpc) is 3.51. The van der Waals surface area contributed by atoms with Crippen LogP contribution in [0.1, 0.15) is 30.0 Å². The number of nitrogens with zero attached hydrogens (tertiary/aromatic N) is 3. The van der Waals surface area contributed by atoms with Gasteiger partial charge in [-0.05, 0) is 60.9 Å². The number of hydrogen-bond acceptors (Lipinski definition) is 3. The zero-order chi connectivity index (χ0) is 23.8. The van der Waals surface area contributed by atoms with Crippen LogP contribution in [0.3, 0.4) is 0 Å². The number of aromatic amines is 1. The monoisotopic (exact) mass is 514 g/mol. The second kappa shape index (κ2) is 9.37. The van der Waals surface area contributed by atoms with Gasteiger partial charge in [0.25, 0.3) is 0 Å². The predicted octanol–water partition coefficient (Wildman–Crippen LogP) is 6.44. The standard InChI is InChI=1S/C25H21Cl3N4O2/c26-16-11-17(27)13-18(12-16)32-14-20(25(30-32)21-5-7-23(28)29-21)22-6-8-24(34)31(22)10-9-15-1-3-19(33)4-2-15/h1-5,7,11-14,22,29,33H,6,8-10H2/t22-/m1/s1. The molecule has 2 aromatic heterocycles. The van der Waals surface area contributed by atoms with Crippen LogP contribution < -0.4 is 0 Å². The quantitative estimate of drug-likeness (QED) is 0.310. The number of nitrogens with one attached hydrogen (secondary N) is 1. The molecule has 0 unspecified atom stereocenters. The molecule has 0 bridgehead atoms. The first kappa shape index (κ1) is 22.8. The van der Waals surface area contributed by atoms with E-state index in [2.05, 4.69) is 4.98 Å². The van der Waals surface area contributed by atoms with E-state index in [1.54, 1.807) is 41.1 Å². The van der Waals surface area contributed by atoms with Crippen LogP contribution in [-0.2, 0) is 11.2 Å². The van der Waals surface area contributed by atoms with Gasteiger partial charge in [0.2, 0.25) is 5.91 Å². The van der Waals surface area contributed by atoms with E-state index in [0.717, 1.165) is 28.2 Å². The van der Waals surface area contributed by atoms with Gasteiger partial charge < -0.3 is 15.0 Å². The summed E-state index contributed by atoms with van der Waals surface area (Å²) in [7, 11) is 0. The summed E-state index contributed by atoms with van der Waals surface area (Å²) in [6.45, 7) is 0.563. The molecule has 1 aliphatic heterocycles. The highest BCUT2D eigenvalue weighted by Gasteiger charge is 2.35. The molecule has 6 nitrogen and oxygen atoms in total. The van der Waals surface area contributed by atoms with E-state index in [0.29, 0.717) is 41.0 Å². The normalized spacial score (nSPS) is 15.9. The maximum absolute atomic E-state index is 12.8. The van der Waals surface area contributed by atoms with E-state index in [9.17, 15) is 9.90 Å². The lowest BCUT2D eigenvalue weighted by Gasteiger charge is -2.25. The Kier molecular flexibility index (Phi) is 6.30. The van der Waals surface area contributed by atoms with Crippen molar-refractivity contribution in [3.8, 4) is 22.8 Å². The average molecular weight is 516 g/mol. The smallest absolute Gasteiger partial charge is 0.223 e. The fraction of sp³-hybridized carbons (Fsp3) is 0.200. The van der Waals surface area contributed by atoms with Gasteiger partial charge in [-0.15, -0.1) is 0 Å². The number of halogens is 3. The number of hydrogen-bond donors (Lipinski definition) is 2. The van der Waals surface area contributed by atoms with Gasteiger partial charge in [0.15, 0.2) is 0 Å². The zero-order valence-corrected chi connectivity index (χ0v) is 20.3. The Bertz CT molecular complexity index is 1330. The fourth-order valence-electron chi connectivity index (χ4n) is 4.40. The van der Waals surface area contributed by atoms with Crippen LogP contribution in [0.2, 0.25) is 15.2 Å². The maximum atomic E-state index is 12.8. The molecule has 0 radical (unpaired) electrons. The number of likely N-dealkylation sites (tertiary alicyclic amines) is 1. The molecular formula is C25H21Cl3N4O2. The van der Waals surface area contributed by atoms with Crippen molar-refractivity contribution in [1.82, 2.24) is 19.7 Å². The first-order chi connectivity index (χ1) is 16.4. The summed E-state index contributed by atoms with van der Waals surface area (Å²) in [5.41, 5.74) is 4.19. The largest absolute Gasteiger partial charge is 0.508 e. The molecule has 3 heterocycles. The summed E-state index contributed by atoms with van der Waals surface area (Å²) in [5, 5.41) is 15.9. The molecule has 2 aromatic carbocycles. The number of benzene rings is 2. The third kappa shape index (κ3) is 4.67. The molecule has 1 fully saturated rings. The minimum atomic E-state index is -0.134. The Hall–Kier alpha value is -2.93. The van der Waals surface area contributed by atoms with Crippen LogP contribution in [0.5, 0.6) is 5.75 Å². The van der Waals surface area contributed by atoms with Crippen molar-refractivity contribution in [1.29, 1.82) is 0 Å². The summed E-state index contributed by atoms with van der Waals surface area (Å²) in [5.74, 6) is 0.333. The molecule has 0 saturated carbocycles. The van der Waals surface area contributed by atoms with E-state index < -0.39 is 0 Å². The Labute approximate surface area is 211 Å². The molecule has 0 spiro atoms. The van der Waals surface area contributed by atoms with Crippen LogP contribution in [0.25, 0.3) is 17.1 Å². The lowest BCUT2D eigenvalue weighted by atomic mass is 10.0. The van der Waals surface area contributed by atoms with E-state index in [1.807, 2.05) is 29.3 Å². The molecule has 4 aromatic rings. The number of phenolic OH excluding ortho intramolecular Hbond substituents is 1. The molecule has 1 saturated heterocycles. The maximum Gasteiger partial charge on any atom is 0.223 e. The second-order valence-electron chi connectivity index (χ2n) is 8.28. The molecule has 1 amide bonds. The molecular weight excluding hydrogens is 495 g/mol. The summed E-state index contributed by atoms with van der Waals surface area (Å²) >= 11 is 18.6. The summed E-state index contributed by atoms with van der Waals surface area (Å²) in [4.78, 5) is 17.9.